The van der Waals surface area contributed by atoms with Crippen LogP contribution in [-0.2, 0) is 6.61 Å². The molecule has 0 unspecified atom stereocenters. The number of thioether (sulfide) groups is 1. The number of carbonyl (C=O) groups is 1. The summed E-state index contributed by atoms with van der Waals surface area (Å²) in [5.74, 6) is 1.92. The van der Waals surface area contributed by atoms with Crippen LogP contribution in [0.5, 0.6) is 5.75 Å². The Hall–Kier alpha value is -2.80. The maximum absolute atomic E-state index is 12.7. The second-order valence-electron chi connectivity index (χ2n) is 5.86. The van der Waals surface area contributed by atoms with Crippen molar-refractivity contribution in [2.24, 2.45) is 0 Å². The molecule has 0 saturated heterocycles. The lowest BCUT2D eigenvalue weighted by Gasteiger charge is -2.12. The first-order chi connectivity index (χ1) is 13.1. The van der Waals surface area contributed by atoms with Crippen LogP contribution in [0.15, 0.2) is 52.1 Å². The van der Waals surface area contributed by atoms with Crippen LogP contribution in [0.1, 0.15) is 34.3 Å². The molecule has 1 amide bonds. The zero-order chi connectivity index (χ0) is 19.2. The van der Waals surface area contributed by atoms with Crippen LogP contribution in [0.3, 0.4) is 0 Å². The molecule has 3 aromatic rings. The molecule has 1 N–H and O–H groups in total. The number of hydrogen-bond acceptors (Lipinski definition) is 6. The fraction of sp³-hybridized carbons (Fsp3) is 0.250. The second-order valence-corrected chi connectivity index (χ2v) is 7.14. The van der Waals surface area contributed by atoms with Gasteiger partial charge in [-0.3, -0.25) is 4.79 Å². The van der Waals surface area contributed by atoms with E-state index in [1.54, 1.807) is 36.2 Å². The van der Waals surface area contributed by atoms with Crippen LogP contribution in [0.2, 0.25) is 0 Å². The van der Waals surface area contributed by atoms with E-state index in [1.807, 2.05) is 32.0 Å². The Labute approximate surface area is 162 Å². The fourth-order valence-electron chi connectivity index (χ4n) is 2.52. The third-order valence-corrected chi connectivity index (χ3v) is 4.80. The van der Waals surface area contributed by atoms with Crippen molar-refractivity contribution in [2.75, 3.05) is 11.1 Å². The van der Waals surface area contributed by atoms with E-state index in [-0.39, 0.29) is 12.5 Å². The van der Waals surface area contributed by atoms with Gasteiger partial charge < -0.3 is 14.6 Å². The van der Waals surface area contributed by atoms with Crippen molar-refractivity contribution in [3.05, 3.63) is 65.2 Å². The van der Waals surface area contributed by atoms with Gasteiger partial charge in [0.15, 0.2) is 0 Å². The summed E-state index contributed by atoms with van der Waals surface area (Å²) in [4.78, 5) is 17.0. The molecule has 0 aliphatic heterocycles. The van der Waals surface area contributed by atoms with E-state index in [2.05, 4.69) is 22.4 Å². The molecule has 0 spiro atoms. The Morgan fingerprint density at radius 1 is 1.22 bits per heavy atom. The predicted molar refractivity (Wildman–Crippen MR) is 105 cm³/mol. The summed E-state index contributed by atoms with van der Waals surface area (Å²) in [5.41, 5.74) is 2.77. The number of aromatic nitrogens is 2. The number of rotatable bonds is 7. The third kappa shape index (κ3) is 4.68. The van der Waals surface area contributed by atoms with E-state index in [0.29, 0.717) is 22.8 Å². The average Bonchev–Trinajstić information content (AvgIpc) is 3.00. The van der Waals surface area contributed by atoms with Gasteiger partial charge in [0.05, 0.1) is 33.7 Å². The largest absolute Gasteiger partial charge is 0.488 e. The molecule has 0 fully saturated rings. The monoisotopic (exact) mass is 383 g/mol. The van der Waals surface area contributed by atoms with E-state index >= 15 is 0 Å². The van der Waals surface area contributed by atoms with E-state index in [9.17, 15) is 4.79 Å². The zero-order valence-corrected chi connectivity index (χ0v) is 16.3. The van der Waals surface area contributed by atoms with Gasteiger partial charge in [0.25, 0.3) is 5.91 Å². The predicted octanol–water partition coefficient (Wildman–Crippen LogP) is 4.63. The average molecular weight is 383 g/mol. The third-order valence-electron chi connectivity index (χ3n) is 3.97. The van der Waals surface area contributed by atoms with Gasteiger partial charge in [-0.05, 0) is 43.9 Å². The molecule has 27 heavy (non-hydrogen) atoms. The van der Waals surface area contributed by atoms with Gasteiger partial charge in [-0.1, -0.05) is 24.2 Å². The molecule has 7 heteroatoms. The summed E-state index contributed by atoms with van der Waals surface area (Å²) >= 11 is 1.65. The lowest BCUT2D eigenvalue weighted by molar-refractivity contribution is 0.102. The number of aryl methyl sites for hydroxylation is 2. The minimum absolute atomic E-state index is 0.248. The number of ether oxygens (including phenoxy) is 1. The van der Waals surface area contributed by atoms with Crippen molar-refractivity contribution in [1.82, 2.24) is 10.1 Å². The molecule has 2 heterocycles. The zero-order valence-electron chi connectivity index (χ0n) is 15.5. The Morgan fingerprint density at radius 2 is 2.04 bits per heavy atom. The summed E-state index contributed by atoms with van der Waals surface area (Å²) in [6.07, 6.45) is 1.66. The maximum Gasteiger partial charge on any atom is 0.259 e. The number of nitrogens with one attached hydrogen (secondary N) is 1. The van der Waals surface area contributed by atoms with E-state index in [1.165, 1.54) is 0 Å². The van der Waals surface area contributed by atoms with Gasteiger partial charge in [0.1, 0.15) is 18.1 Å². The first kappa shape index (κ1) is 19.0. The van der Waals surface area contributed by atoms with Gasteiger partial charge in [-0.15, -0.1) is 11.8 Å². The van der Waals surface area contributed by atoms with Crippen molar-refractivity contribution in [3.63, 3.8) is 0 Å². The molecule has 0 aliphatic carbocycles. The maximum atomic E-state index is 12.7. The van der Waals surface area contributed by atoms with Crippen LogP contribution < -0.4 is 10.1 Å². The number of pyridine rings is 1. The molecule has 0 radical (unpaired) electrons. The number of anilines is 1. The summed E-state index contributed by atoms with van der Waals surface area (Å²) in [6.45, 7) is 6.06. The number of carbonyl (C=O) groups excluding carboxylic acids is 1. The van der Waals surface area contributed by atoms with Crippen molar-refractivity contribution < 1.29 is 14.1 Å². The normalized spacial score (nSPS) is 10.6. The molecule has 0 bridgehead atoms. The lowest BCUT2D eigenvalue weighted by Crippen LogP contribution is -2.14. The van der Waals surface area contributed by atoms with Crippen LogP contribution in [0, 0.1) is 13.8 Å². The Bertz CT molecular complexity index is 903. The standard InChI is InChI=1S/C20H21N3O3S/c1-4-27-19-10-9-15(11-21-19)22-20(24)16-7-5-6-8-18(16)25-12-17-13(2)23-26-14(17)3/h5-11H,4,12H2,1-3H3,(H,22,24). The molecule has 0 saturated carbocycles. The number of amides is 1. The molecular weight excluding hydrogens is 362 g/mol. The SMILES string of the molecule is CCSc1ccc(NC(=O)c2ccccc2OCc2c(C)noc2C)cn1. The van der Waals surface area contributed by atoms with Crippen LogP contribution in [-0.4, -0.2) is 21.8 Å². The highest BCUT2D eigenvalue weighted by molar-refractivity contribution is 7.99. The van der Waals surface area contributed by atoms with Crippen molar-refractivity contribution >= 4 is 23.4 Å². The molecule has 0 atom stereocenters. The molecule has 6 nitrogen and oxygen atoms in total. The Morgan fingerprint density at radius 3 is 2.70 bits per heavy atom. The first-order valence-electron chi connectivity index (χ1n) is 8.62. The first-order valence-corrected chi connectivity index (χ1v) is 9.60. The molecule has 1 aromatic carbocycles. The van der Waals surface area contributed by atoms with Gasteiger partial charge in [0.2, 0.25) is 0 Å². The quantitative estimate of drug-likeness (QED) is 0.600. The summed E-state index contributed by atoms with van der Waals surface area (Å²) in [7, 11) is 0. The smallest absolute Gasteiger partial charge is 0.259 e. The fourth-order valence-corrected chi connectivity index (χ4v) is 3.11. The number of nitrogens with zero attached hydrogens (tertiary/aromatic N) is 2. The van der Waals surface area contributed by atoms with Gasteiger partial charge in [-0.25, -0.2) is 4.98 Å². The summed E-state index contributed by atoms with van der Waals surface area (Å²) < 4.78 is 11.0. The summed E-state index contributed by atoms with van der Waals surface area (Å²) in [6, 6.07) is 10.9. The van der Waals surface area contributed by atoms with E-state index in [4.69, 9.17) is 9.26 Å². The van der Waals surface area contributed by atoms with Gasteiger partial charge in [-0.2, -0.15) is 0 Å². The van der Waals surface area contributed by atoms with E-state index < -0.39 is 0 Å². The highest BCUT2D eigenvalue weighted by Gasteiger charge is 2.15. The van der Waals surface area contributed by atoms with Crippen LogP contribution in [0.25, 0.3) is 0 Å². The van der Waals surface area contributed by atoms with Crippen molar-refractivity contribution in [1.29, 1.82) is 0 Å². The molecule has 0 aliphatic rings. The van der Waals surface area contributed by atoms with Crippen LogP contribution in [0.4, 0.5) is 5.69 Å². The Kier molecular flexibility index (Phi) is 6.13. The number of para-hydroxylation sites is 1. The molecule has 3 rings (SSSR count). The highest BCUT2D eigenvalue weighted by Crippen LogP contribution is 2.23. The number of benzene rings is 1. The minimum Gasteiger partial charge on any atom is -0.488 e. The molecule has 140 valence electrons. The molecule has 2 aromatic heterocycles. The highest BCUT2D eigenvalue weighted by atomic mass is 32.2. The number of hydrogen-bond donors (Lipinski definition) is 1. The Balaban J connectivity index is 1.71. The lowest BCUT2D eigenvalue weighted by atomic mass is 10.1. The minimum atomic E-state index is -0.248. The topological polar surface area (TPSA) is 77.2 Å². The second kappa shape index (κ2) is 8.73. The van der Waals surface area contributed by atoms with Crippen LogP contribution >= 0.6 is 11.8 Å². The summed E-state index contributed by atoms with van der Waals surface area (Å²) in [5, 5.41) is 7.71. The van der Waals surface area contributed by atoms with E-state index in [0.717, 1.165) is 22.0 Å². The molecular formula is C20H21N3O3S. The van der Waals surface area contributed by atoms with Crippen molar-refractivity contribution in [2.45, 2.75) is 32.4 Å². The van der Waals surface area contributed by atoms with Gasteiger partial charge >= 0.3 is 0 Å². The van der Waals surface area contributed by atoms with Gasteiger partial charge in [0, 0.05) is 0 Å². The van der Waals surface area contributed by atoms with Crippen molar-refractivity contribution in [3.8, 4) is 5.75 Å².